The van der Waals surface area contributed by atoms with Gasteiger partial charge in [0.2, 0.25) is 5.91 Å². The fraction of sp³-hybridized carbons (Fsp3) is 0.115. The number of hydrogen-bond donors (Lipinski definition) is 1. The highest BCUT2D eigenvalue weighted by atomic mass is 127. The summed E-state index contributed by atoms with van der Waals surface area (Å²) in [4.78, 5) is 38.3. The highest BCUT2D eigenvalue weighted by Crippen LogP contribution is 2.38. The molecule has 0 aromatic heterocycles. The summed E-state index contributed by atoms with van der Waals surface area (Å²) in [5.41, 5.74) is 0.686. The number of halogens is 5. The van der Waals surface area contributed by atoms with Crippen LogP contribution >= 0.6 is 46.0 Å². The summed E-state index contributed by atoms with van der Waals surface area (Å²) in [6, 6.07) is 12.0. The third-order valence-corrected chi connectivity index (χ3v) is 7.44. The number of rotatable bonds is 8. The molecule has 1 aliphatic rings. The van der Waals surface area contributed by atoms with Gasteiger partial charge in [-0.2, -0.15) is 0 Å². The van der Waals surface area contributed by atoms with Gasteiger partial charge in [0.15, 0.2) is 29.0 Å². The van der Waals surface area contributed by atoms with Crippen molar-refractivity contribution in [1.29, 1.82) is 0 Å². The van der Waals surface area contributed by atoms with Gasteiger partial charge >= 0.3 is 0 Å². The maximum Gasteiger partial charge on any atom is 0.294 e. The number of imide groups is 1. The minimum Gasteiger partial charge on any atom is -0.493 e. The lowest BCUT2D eigenvalue weighted by molar-refractivity contribution is -0.127. The Morgan fingerprint density at radius 2 is 1.87 bits per heavy atom. The van der Waals surface area contributed by atoms with Gasteiger partial charge in [0.1, 0.15) is 13.2 Å². The number of amides is 3. The number of nitrogens with one attached hydrogen (secondary N) is 1. The van der Waals surface area contributed by atoms with E-state index in [9.17, 15) is 27.6 Å². The Hall–Kier alpha value is -3.23. The van der Waals surface area contributed by atoms with Gasteiger partial charge in [-0.05, 0) is 76.3 Å². The molecule has 202 valence electrons. The van der Waals surface area contributed by atoms with E-state index in [0.717, 1.165) is 11.6 Å². The van der Waals surface area contributed by atoms with Crippen LogP contribution < -0.4 is 14.8 Å². The highest BCUT2D eigenvalue weighted by Gasteiger charge is 2.36. The van der Waals surface area contributed by atoms with Crippen LogP contribution in [0.2, 0.25) is 5.02 Å². The van der Waals surface area contributed by atoms with Crippen LogP contribution in [0.25, 0.3) is 6.08 Å². The van der Waals surface area contributed by atoms with Crippen molar-refractivity contribution in [2.75, 3.05) is 19.0 Å². The Morgan fingerprint density at radius 1 is 1.13 bits per heavy atom. The van der Waals surface area contributed by atoms with E-state index in [1.165, 1.54) is 13.2 Å². The van der Waals surface area contributed by atoms with E-state index >= 15 is 0 Å². The van der Waals surface area contributed by atoms with Crippen molar-refractivity contribution in [2.45, 2.75) is 6.61 Å². The predicted octanol–water partition coefficient (Wildman–Crippen LogP) is 6.62. The van der Waals surface area contributed by atoms with Crippen molar-refractivity contribution < 1.29 is 37.0 Å². The Morgan fingerprint density at radius 3 is 2.59 bits per heavy atom. The summed E-state index contributed by atoms with van der Waals surface area (Å²) >= 11 is 8.86. The van der Waals surface area contributed by atoms with Crippen LogP contribution in [0.4, 0.5) is 23.7 Å². The van der Waals surface area contributed by atoms with E-state index in [-0.39, 0.29) is 11.5 Å². The molecule has 7 nitrogen and oxygen atoms in total. The smallest absolute Gasteiger partial charge is 0.294 e. The number of ether oxygens (including phenoxy) is 2. The van der Waals surface area contributed by atoms with Crippen molar-refractivity contribution in [3.8, 4) is 11.5 Å². The largest absolute Gasteiger partial charge is 0.493 e. The van der Waals surface area contributed by atoms with Crippen LogP contribution in [0.3, 0.4) is 0 Å². The van der Waals surface area contributed by atoms with Gasteiger partial charge in [-0.15, -0.1) is 0 Å². The second-order valence-electron chi connectivity index (χ2n) is 7.95. The van der Waals surface area contributed by atoms with Crippen LogP contribution in [0.15, 0.2) is 53.4 Å². The molecule has 0 atom stereocenters. The fourth-order valence-electron chi connectivity index (χ4n) is 3.47. The molecule has 1 heterocycles. The second kappa shape index (κ2) is 12.3. The molecule has 39 heavy (non-hydrogen) atoms. The molecule has 1 N–H and O–H groups in total. The normalized spacial score (nSPS) is 14.2. The van der Waals surface area contributed by atoms with Crippen molar-refractivity contribution in [1.82, 2.24) is 4.90 Å². The molecule has 0 bridgehead atoms. The fourth-order valence-corrected chi connectivity index (χ4v) is 5.28. The zero-order valence-corrected chi connectivity index (χ0v) is 23.6. The average Bonchev–Trinajstić information content (AvgIpc) is 3.16. The van der Waals surface area contributed by atoms with Crippen LogP contribution in [0.1, 0.15) is 11.1 Å². The van der Waals surface area contributed by atoms with Crippen molar-refractivity contribution in [3.05, 3.63) is 90.6 Å². The number of nitrogens with zero attached hydrogens (tertiary/aromatic N) is 1. The summed E-state index contributed by atoms with van der Waals surface area (Å²) < 4.78 is 52.4. The molecule has 0 saturated carbocycles. The number of thioether (sulfide) groups is 1. The van der Waals surface area contributed by atoms with E-state index in [0.29, 0.717) is 48.4 Å². The standard InChI is InChI=1S/C26H17ClF3IN2O5S/c1-37-19-9-13(8-17(31)24(19)38-12-14-4-2-3-5-15(14)27)10-20-25(35)33(26(36)39-20)11-21(34)32-18-7-6-16(28)22(29)23(18)30/h2-10H,11-12H2,1H3,(H,32,34)/b20-10+. The lowest BCUT2D eigenvalue weighted by Crippen LogP contribution is -2.36. The summed E-state index contributed by atoms with van der Waals surface area (Å²) in [7, 11) is 1.46. The van der Waals surface area contributed by atoms with E-state index in [2.05, 4.69) is 0 Å². The summed E-state index contributed by atoms with van der Waals surface area (Å²) in [5.74, 6) is -5.66. The maximum absolute atomic E-state index is 13.9. The monoisotopic (exact) mass is 688 g/mol. The summed E-state index contributed by atoms with van der Waals surface area (Å²) in [5, 5.41) is 1.86. The quantitative estimate of drug-likeness (QED) is 0.163. The first-order valence-corrected chi connectivity index (χ1v) is 13.3. The van der Waals surface area contributed by atoms with Gasteiger partial charge in [-0.1, -0.05) is 29.8 Å². The predicted molar refractivity (Wildman–Crippen MR) is 149 cm³/mol. The molecule has 1 saturated heterocycles. The second-order valence-corrected chi connectivity index (χ2v) is 10.5. The van der Waals surface area contributed by atoms with Gasteiger partial charge in [-0.3, -0.25) is 19.3 Å². The van der Waals surface area contributed by atoms with Crippen LogP contribution in [0.5, 0.6) is 11.5 Å². The molecule has 1 aliphatic heterocycles. The minimum absolute atomic E-state index is 0.0365. The summed E-state index contributed by atoms with van der Waals surface area (Å²) in [6.07, 6.45) is 1.46. The number of anilines is 1. The third kappa shape index (κ3) is 6.50. The van der Waals surface area contributed by atoms with Crippen LogP contribution in [-0.2, 0) is 16.2 Å². The Bertz CT molecular complexity index is 1520. The molecule has 3 aromatic rings. The highest BCUT2D eigenvalue weighted by molar-refractivity contribution is 14.1. The molecule has 3 aromatic carbocycles. The number of methoxy groups -OCH3 is 1. The first-order chi connectivity index (χ1) is 18.6. The third-order valence-electron chi connectivity index (χ3n) is 5.36. The number of carbonyl (C=O) groups is 3. The molecule has 4 rings (SSSR count). The van der Waals surface area contributed by atoms with E-state index < -0.39 is 46.7 Å². The molecule has 13 heteroatoms. The van der Waals surface area contributed by atoms with Gasteiger partial charge in [0, 0.05) is 10.6 Å². The van der Waals surface area contributed by atoms with Crippen LogP contribution in [-0.4, -0.2) is 35.6 Å². The van der Waals surface area contributed by atoms with Crippen LogP contribution in [0, 0.1) is 21.0 Å². The molecule has 0 aliphatic carbocycles. The molecular formula is C26H17ClF3IN2O5S. The first kappa shape index (κ1) is 28.8. The average molecular weight is 689 g/mol. The lowest BCUT2D eigenvalue weighted by atomic mass is 10.1. The zero-order valence-electron chi connectivity index (χ0n) is 19.9. The number of benzene rings is 3. The van der Waals surface area contributed by atoms with Gasteiger partial charge < -0.3 is 14.8 Å². The molecule has 1 fully saturated rings. The van der Waals surface area contributed by atoms with Crippen molar-refractivity contribution in [3.63, 3.8) is 0 Å². The Labute approximate surface area is 243 Å². The van der Waals surface area contributed by atoms with Gasteiger partial charge in [-0.25, -0.2) is 13.2 Å². The molecule has 0 spiro atoms. The summed E-state index contributed by atoms with van der Waals surface area (Å²) in [6.45, 7) is -0.559. The Balaban J connectivity index is 1.48. The van der Waals surface area contributed by atoms with E-state index in [4.69, 9.17) is 21.1 Å². The van der Waals surface area contributed by atoms with Gasteiger partial charge in [0.25, 0.3) is 11.1 Å². The molecule has 0 radical (unpaired) electrons. The van der Waals surface area contributed by atoms with E-state index in [1.54, 1.807) is 18.2 Å². The Kier molecular flexibility index (Phi) is 9.08. The van der Waals surface area contributed by atoms with Crippen molar-refractivity contribution >= 4 is 74.8 Å². The lowest BCUT2D eigenvalue weighted by Gasteiger charge is -2.14. The zero-order chi connectivity index (χ0) is 28.3. The minimum atomic E-state index is -1.76. The first-order valence-electron chi connectivity index (χ1n) is 11.0. The SMILES string of the molecule is COc1cc(/C=C2/SC(=O)N(CC(=O)Nc3ccc(F)c(F)c3F)C2=O)cc(I)c1OCc1ccccc1Cl. The van der Waals surface area contributed by atoms with Gasteiger partial charge in [0.05, 0.1) is 21.3 Å². The molecule has 0 unspecified atom stereocenters. The number of carbonyl (C=O) groups excluding carboxylic acids is 3. The number of hydrogen-bond acceptors (Lipinski definition) is 6. The molecular weight excluding hydrogens is 672 g/mol. The van der Waals surface area contributed by atoms with E-state index in [1.807, 2.05) is 46.1 Å². The van der Waals surface area contributed by atoms with Crippen molar-refractivity contribution in [2.24, 2.45) is 0 Å². The molecule has 3 amide bonds. The topological polar surface area (TPSA) is 84.9 Å². The maximum atomic E-state index is 13.9.